The van der Waals surface area contributed by atoms with Gasteiger partial charge in [0.05, 0.1) is 0 Å². The highest BCUT2D eigenvalue weighted by Gasteiger charge is 2.55. The Kier molecular flexibility index (Phi) is 3.03. The maximum Gasteiger partial charge on any atom is 0.329 e. The van der Waals surface area contributed by atoms with Crippen molar-refractivity contribution in [2.24, 2.45) is 11.8 Å². The molecule has 1 fully saturated rings. The Labute approximate surface area is 85.6 Å². The summed E-state index contributed by atoms with van der Waals surface area (Å²) < 4.78 is 26.1. The summed E-state index contributed by atoms with van der Waals surface area (Å²) in [7, 11) is 0. The molecular formula is C9H15BrF2O. The molecule has 0 aromatic carbocycles. The minimum atomic E-state index is -3.17. The zero-order valence-corrected chi connectivity index (χ0v) is 9.44. The molecule has 13 heavy (non-hydrogen) atoms. The molecular weight excluding hydrogens is 242 g/mol. The van der Waals surface area contributed by atoms with Crippen molar-refractivity contribution in [3.05, 3.63) is 0 Å². The van der Waals surface area contributed by atoms with Gasteiger partial charge in [0.15, 0.2) is 0 Å². The Bertz CT molecular complexity index is 193. The molecule has 4 heteroatoms. The second kappa shape index (κ2) is 3.46. The van der Waals surface area contributed by atoms with Crippen molar-refractivity contribution in [1.29, 1.82) is 0 Å². The first-order valence-electron chi connectivity index (χ1n) is 4.56. The predicted octanol–water partition coefficient (Wildman–Crippen LogP) is 3.16. The van der Waals surface area contributed by atoms with Gasteiger partial charge < -0.3 is 5.11 Å². The number of hydrogen-bond donors (Lipinski definition) is 1. The predicted molar refractivity (Wildman–Crippen MR) is 51.0 cm³/mol. The smallest absolute Gasteiger partial charge is 0.329 e. The second-order valence-corrected chi connectivity index (χ2v) is 5.20. The van der Waals surface area contributed by atoms with Gasteiger partial charge in [-0.25, -0.2) is 0 Å². The molecule has 0 bridgehead atoms. The maximum atomic E-state index is 13.0. The molecule has 0 heterocycles. The number of alkyl halides is 3. The normalized spacial score (nSPS) is 42.0. The highest BCUT2D eigenvalue weighted by molar-refractivity contribution is 9.10. The molecule has 0 aromatic rings. The summed E-state index contributed by atoms with van der Waals surface area (Å²) in [6.07, 6.45) is 1.51. The van der Waals surface area contributed by atoms with Crippen molar-refractivity contribution in [2.45, 2.75) is 43.5 Å². The van der Waals surface area contributed by atoms with Crippen molar-refractivity contribution in [1.82, 2.24) is 0 Å². The second-order valence-electron chi connectivity index (χ2n) is 4.20. The van der Waals surface area contributed by atoms with Crippen LogP contribution in [0, 0.1) is 11.8 Å². The summed E-state index contributed by atoms with van der Waals surface area (Å²) >= 11 is 2.27. The van der Waals surface area contributed by atoms with E-state index in [0.717, 1.165) is 0 Å². The molecule has 1 saturated carbocycles. The summed E-state index contributed by atoms with van der Waals surface area (Å²) in [5, 5.41) is 9.80. The van der Waals surface area contributed by atoms with Crippen LogP contribution in [0.1, 0.15) is 33.1 Å². The molecule has 0 aromatic heterocycles. The molecule has 1 aliphatic rings. The van der Waals surface area contributed by atoms with Gasteiger partial charge in [0, 0.05) is 0 Å². The van der Waals surface area contributed by atoms with Gasteiger partial charge >= 0.3 is 4.83 Å². The van der Waals surface area contributed by atoms with Gasteiger partial charge in [-0.3, -0.25) is 0 Å². The standard InChI is InChI=1S/C9H15BrF2O/c1-6-3-4-8(13,7(2)5-6)9(10,11)12/h6-7,13H,3-5H2,1-2H3. The zero-order valence-electron chi connectivity index (χ0n) is 7.86. The van der Waals surface area contributed by atoms with Crippen molar-refractivity contribution in [3.63, 3.8) is 0 Å². The van der Waals surface area contributed by atoms with Gasteiger partial charge in [-0.05, 0) is 47.0 Å². The largest absolute Gasteiger partial charge is 0.382 e. The summed E-state index contributed by atoms with van der Waals surface area (Å²) in [5.41, 5.74) is -1.86. The van der Waals surface area contributed by atoms with Crippen LogP contribution in [0.15, 0.2) is 0 Å². The first kappa shape index (κ1) is 11.4. The third kappa shape index (κ3) is 2.04. The molecule has 1 nitrogen and oxygen atoms in total. The average Bonchev–Trinajstić information content (AvgIpc) is 1.95. The molecule has 1 aliphatic carbocycles. The molecule has 0 spiro atoms. The molecule has 0 radical (unpaired) electrons. The highest BCUT2D eigenvalue weighted by Crippen LogP contribution is 2.48. The van der Waals surface area contributed by atoms with Crippen LogP contribution in [0.25, 0.3) is 0 Å². The fourth-order valence-electron chi connectivity index (χ4n) is 2.05. The summed E-state index contributed by atoms with van der Waals surface area (Å²) in [6, 6.07) is 0. The van der Waals surface area contributed by atoms with Crippen molar-refractivity contribution >= 4 is 15.9 Å². The van der Waals surface area contributed by atoms with Crippen molar-refractivity contribution < 1.29 is 13.9 Å². The molecule has 0 saturated heterocycles. The first-order valence-corrected chi connectivity index (χ1v) is 5.36. The van der Waals surface area contributed by atoms with Crippen LogP contribution in [0.2, 0.25) is 0 Å². The van der Waals surface area contributed by atoms with Crippen molar-refractivity contribution in [2.75, 3.05) is 0 Å². The highest BCUT2D eigenvalue weighted by atomic mass is 79.9. The summed E-state index contributed by atoms with van der Waals surface area (Å²) in [4.78, 5) is -3.17. The van der Waals surface area contributed by atoms with E-state index in [-0.39, 0.29) is 12.3 Å². The molecule has 1 rings (SSSR count). The lowest BCUT2D eigenvalue weighted by molar-refractivity contribution is -0.167. The van der Waals surface area contributed by atoms with E-state index in [4.69, 9.17) is 0 Å². The number of halogens is 3. The van der Waals surface area contributed by atoms with Crippen LogP contribution < -0.4 is 0 Å². The third-order valence-corrected chi connectivity index (χ3v) is 3.77. The molecule has 3 unspecified atom stereocenters. The summed E-state index contributed by atoms with van der Waals surface area (Å²) in [5.74, 6) is 0.0794. The monoisotopic (exact) mass is 256 g/mol. The fraction of sp³-hybridized carbons (Fsp3) is 1.00. The van der Waals surface area contributed by atoms with E-state index in [9.17, 15) is 13.9 Å². The molecule has 3 atom stereocenters. The molecule has 0 aliphatic heterocycles. The van der Waals surface area contributed by atoms with E-state index in [2.05, 4.69) is 15.9 Å². The minimum absolute atomic E-state index is 0.174. The maximum absolute atomic E-state index is 13.0. The van der Waals surface area contributed by atoms with Gasteiger partial charge in [0.1, 0.15) is 5.60 Å². The lowest BCUT2D eigenvalue weighted by atomic mass is 9.72. The van der Waals surface area contributed by atoms with Crippen LogP contribution in [-0.2, 0) is 0 Å². The Hall–Kier alpha value is 0.300. The SMILES string of the molecule is CC1CCC(O)(C(F)(F)Br)C(C)C1. The topological polar surface area (TPSA) is 20.2 Å². The van der Waals surface area contributed by atoms with Crippen LogP contribution in [0.5, 0.6) is 0 Å². The van der Waals surface area contributed by atoms with E-state index in [1.165, 1.54) is 0 Å². The Morgan fingerprint density at radius 3 is 2.38 bits per heavy atom. The van der Waals surface area contributed by atoms with E-state index >= 15 is 0 Å². The van der Waals surface area contributed by atoms with Crippen LogP contribution in [-0.4, -0.2) is 15.5 Å². The van der Waals surface area contributed by atoms with Crippen LogP contribution >= 0.6 is 15.9 Å². The number of aliphatic hydroxyl groups is 1. The quantitative estimate of drug-likeness (QED) is 0.715. The van der Waals surface area contributed by atoms with E-state index in [0.29, 0.717) is 18.8 Å². The fourth-order valence-corrected chi connectivity index (χ4v) is 2.64. The van der Waals surface area contributed by atoms with Crippen LogP contribution in [0.4, 0.5) is 8.78 Å². The van der Waals surface area contributed by atoms with Gasteiger partial charge in [-0.2, -0.15) is 8.78 Å². The van der Waals surface area contributed by atoms with E-state index in [1.54, 1.807) is 6.92 Å². The third-order valence-electron chi connectivity index (χ3n) is 3.08. The van der Waals surface area contributed by atoms with Gasteiger partial charge in [0.25, 0.3) is 0 Å². The summed E-state index contributed by atoms with van der Waals surface area (Å²) in [6.45, 7) is 3.72. The minimum Gasteiger partial charge on any atom is -0.382 e. The first-order chi connectivity index (χ1) is 5.77. The number of hydrogen-bond acceptors (Lipinski definition) is 1. The Balaban J connectivity index is 2.79. The lowest BCUT2D eigenvalue weighted by Gasteiger charge is -2.42. The van der Waals surface area contributed by atoms with Crippen molar-refractivity contribution in [3.8, 4) is 0 Å². The van der Waals surface area contributed by atoms with Gasteiger partial charge in [-0.15, -0.1) is 0 Å². The van der Waals surface area contributed by atoms with Gasteiger partial charge in [-0.1, -0.05) is 13.8 Å². The Morgan fingerprint density at radius 1 is 1.46 bits per heavy atom. The van der Waals surface area contributed by atoms with E-state index < -0.39 is 10.4 Å². The zero-order chi connectivity index (χ0) is 10.3. The lowest BCUT2D eigenvalue weighted by Crippen LogP contribution is -2.52. The Morgan fingerprint density at radius 2 is 2.00 bits per heavy atom. The molecule has 78 valence electrons. The van der Waals surface area contributed by atoms with Gasteiger partial charge in [0.2, 0.25) is 0 Å². The van der Waals surface area contributed by atoms with Crippen LogP contribution in [0.3, 0.4) is 0 Å². The number of rotatable bonds is 1. The molecule has 1 N–H and O–H groups in total. The molecule has 0 amide bonds. The van der Waals surface area contributed by atoms with E-state index in [1.807, 2.05) is 6.92 Å². The average molecular weight is 257 g/mol.